The zero-order valence-corrected chi connectivity index (χ0v) is 15.6. The second kappa shape index (κ2) is 8.39. The van der Waals surface area contributed by atoms with Crippen LogP contribution in [0.4, 0.5) is 0 Å². The van der Waals surface area contributed by atoms with Crippen LogP contribution in [-0.2, 0) is 0 Å². The summed E-state index contributed by atoms with van der Waals surface area (Å²) in [6.45, 7) is 4.46. The number of hydrogen-bond donors (Lipinski definition) is 0. The molecule has 2 fully saturated rings. The highest BCUT2D eigenvalue weighted by Crippen LogP contribution is 2.36. The van der Waals surface area contributed by atoms with Crippen molar-refractivity contribution < 1.29 is 4.74 Å². The van der Waals surface area contributed by atoms with Gasteiger partial charge in [-0.25, -0.2) is 0 Å². The third-order valence-electron chi connectivity index (χ3n) is 5.78. The smallest absolute Gasteiger partial charge is 0.127 e. The van der Waals surface area contributed by atoms with Crippen LogP contribution in [0.25, 0.3) is 0 Å². The van der Waals surface area contributed by atoms with Crippen molar-refractivity contribution in [1.29, 1.82) is 5.26 Å². The van der Waals surface area contributed by atoms with Crippen LogP contribution in [0.5, 0.6) is 5.75 Å². The lowest BCUT2D eigenvalue weighted by Gasteiger charge is -2.20. The second-order valence-electron chi connectivity index (χ2n) is 7.60. The van der Waals surface area contributed by atoms with Crippen molar-refractivity contribution in [3.63, 3.8) is 0 Å². The van der Waals surface area contributed by atoms with Gasteiger partial charge < -0.3 is 4.74 Å². The van der Waals surface area contributed by atoms with Crippen LogP contribution in [0.2, 0.25) is 0 Å². The molecule has 0 unspecified atom stereocenters. The molecule has 0 atom stereocenters. The van der Waals surface area contributed by atoms with Crippen LogP contribution in [0.3, 0.4) is 0 Å². The first-order valence-electron chi connectivity index (χ1n) is 9.75. The summed E-state index contributed by atoms with van der Waals surface area (Å²) in [5, 5.41) is 8.97. The molecule has 0 amide bonds. The molecule has 0 radical (unpaired) electrons. The lowest BCUT2D eigenvalue weighted by atomic mass is 9.95. The molecule has 2 aliphatic carbocycles. The predicted molar refractivity (Wildman–Crippen MR) is 102 cm³/mol. The fraction of sp³-hybridized carbons (Fsp3) is 0.522. The van der Waals surface area contributed by atoms with Gasteiger partial charge in [-0.15, -0.1) is 0 Å². The summed E-state index contributed by atoms with van der Waals surface area (Å²) in [5.74, 6) is 3.26. The maximum Gasteiger partial charge on any atom is 0.127 e. The fourth-order valence-electron chi connectivity index (χ4n) is 4.18. The molecule has 2 nitrogen and oxygen atoms in total. The summed E-state index contributed by atoms with van der Waals surface area (Å²) >= 11 is 0. The fourth-order valence-corrected chi connectivity index (χ4v) is 4.18. The minimum atomic E-state index is 0.530. The van der Waals surface area contributed by atoms with Crippen molar-refractivity contribution in [1.82, 2.24) is 0 Å². The summed E-state index contributed by atoms with van der Waals surface area (Å²) in [6, 6.07) is 9.66. The quantitative estimate of drug-likeness (QED) is 0.452. The molecule has 2 heteroatoms. The van der Waals surface area contributed by atoms with Gasteiger partial charge in [0, 0.05) is 5.92 Å². The van der Waals surface area contributed by atoms with Crippen LogP contribution in [0.1, 0.15) is 70.8 Å². The molecule has 3 rings (SSSR count). The number of benzene rings is 1. The third kappa shape index (κ3) is 4.54. The predicted octanol–water partition coefficient (Wildman–Crippen LogP) is 6.54. The third-order valence-corrected chi connectivity index (χ3v) is 5.78. The zero-order valence-electron chi connectivity index (χ0n) is 15.6. The minimum absolute atomic E-state index is 0.530. The Morgan fingerprint density at radius 3 is 2.20 bits per heavy atom. The molecule has 0 spiro atoms. The molecule has 132 valence electrons. The SMILES string of the molecule is CC(=C/C1CCCC1)/C(C)=C(/Oc1ccc(C#N)cc1)C1CCCC1. The average molecular weight is 335 g/mol. The Balaban J connectivity index is 1.85. The van der Waals surface area contributed by atoms with Gasteiger partial charge in [0.2, 0.25) is 0 Å². The molecule has 0 bridgehead atoms. The maximum absolute atomic E-state index is 8.97. The van der Waals surface area contributed by atoms with Gasteiger partial charge in [0.1, 0.15) is 11.5 Å². The highest BCUT2D eigenvalue weighted by molar-refractivity contribution is 5.38. The van der Waals surface area contributed by atoms with Gasteiger partial charge in [-0.3, -0.25) is 0 Å². The number of rotatable bonds is 5. The van der Waals surface area contributed by atoms with Gasteiger partial charge in [0.05, 0.1) is 11.6 Å². The molecular weight excluding hydrogens is 306 g/mol. The molecule has 0 heterocycles. The number of nitrogens with zero attached hydrogens (tertiary/aromatic N) is 1. The molecule has 1 aromatic carbocycles. The van der Waals surface area contributed by atoms with E-state index < -0.39 is 0 Å². The first-order valence-corrected chi connectivity index (χ1v) is 9.75. The van der Waals surface area contributed by atoms with Gasteiger partial charge in [-0.2, -0.15) is 5.26 Å². The second-order valence-corrected chi connectivity index (χ2v) is 7.60. The van der Waals surface area contributed by atoms with Crippen molar-refractivity contribution >= 4 is 0 Å². The number of hydrogen-bond acceptors (Lipinski definition) is 2. The molecule has 1 aromatic rings. The standard InChI is InChI=1S/C23H29NO/c1-17(15-19-7-3-4-8-19)18(2)23(21-9-5-6-10-21)25-22-13-11-20(16-24)12-14-22/h11-15,19,21H,3-10H2,1-2H3/b17-15-,23-18+. The molecule has 2 saturated carbocycles. The van der Waals surface area contributed by atoms with Crippen molar-refractivity contribution in [3.05, 3.63) is 52.8 Å². The van der Waals surface area contributed by atoms with Crippen molar-refractivity contribution in [3.8, 4) is 11.8 Å². The first-order chi connectivity index (χ1) is 12.2. The number of ether oxygens (including phenoxy) is 1. The summed E-state index contributed by atoms with van der Waals surface area (Å²) in [7, 11) is 0. The van der Waals surface area contributed by atoms with E-state index in [0.717, 1.165) is 17.4 Å². The zero-order chi connectivity index (χ0) is 17.6. The molecular formula is C23H29NO. The van der Waals surface area contributed by atoms with E-state index in [4.69, 9.17) is 10.00 Å². The van der Waals surface area contributed by atoms with E-state index in [1.54, 1.807) is 0 Å². The van der Waals surface area contributed by atoms with E-state index in [-0.39, 0.29) is 0 Å². The van der Waals surface area contributed by atoms with E-state index in [0.29, 0.717) is 11.5 Å². The van der Waals surface area contributed by atoms with Crippen molar-refractivity contribution in [2.24, 2.45) is 11.8 Å². The van der Waals surface area contributed by atoms with Gasteiger partial charge in [0.25, 0.3) is 0 Å². The monoisotopic (exact) mass is 335 g/mol. The summed E-state index contributed by atoms with van der Waals surface area (Å²) < 4.78 is 6.37. The first kappa shape index (κ1) is 17.8. The normalized spacial score (nSPS) is 20.4. The van der Waals surface area contributed by atoms with E-state index in [1.165, 1.54) is 62.5 Å². The van der Waals surface area contributed by atoms with Crippen molar-refractivity contribution in [2.45, 2.75) is 65.2 Å². The van der Waals surface area contributed by atoms with E-state index >= 15 is 0 Å². The summed E-state index contributed by atoms with van der Waals surface area (Å²) in [6.07, 6.45) is 12.9. The maximum atomic E-state index is 8.97. The Kier molecular flexibility index (Phi) is 5.97. The molecule has 25 heavy (non-hydrogen) atoms. The Labute approximate surface area is 152 Å². The van der Waals surface area contributed by atoms with E-state index in [9.17, 15) is 0 Å². The minimum Gasteiger partial charge on any atom is -0.461 e. The Hall–Kier alpha value is -2.01. The summed E-state index contributed by atoms with van der Waals surface area (Å²) in [5.41, 5.74) is 3.36. The van der Waals surface area contributed by atoms with Gasteiger partial charge in [-0.1, -0.05) is 31.8 Å². The number of allylic oxidation sites excluding steroid dienone is 4. The van der Waals surface area contributed by atoms with Gasteiger partial charge in [-0.05, 0) is 80.9 Å². The Morgan fingerprint density at radius 1 is 1.00 bits per heavy atom. The summed E-state index contributed by atoms with van der Waals surface area (Å²) in [4.78, 5) is 0. The molecule has 0 saturated heterocycles. The highest BCUT2D eigenvalue weighted by atomic mass is 16.5. The van der Waals surface area contributed by atoms with Crippen LogP contribution >= 0.6 is 0 Å². The Morgan fingerprint density at radius 2 is 1.60 bits per heavy atom. The molecule has 0 aliphatic heterocycles. The number of nitriles is 1. The Bertz CT molecular complexity index is 678. The van der Waals surface area contributed by atoms with E-state index in [2.05, 4.69) is 26.0 Å². The van der Waals surface area contributed by atoms with Gasteiger partial charge in [0.15, 0.2) is 0 Å². The molecule has 0 N–H and O–H groups in total. The van der Waals surface area contributed by atoms with Crippen LogP contribution in [0, 0.1) is 23.2 Å². The lowest BCUT2D eigenvalue weighted by molar-refractivity contribution is 0.343. The molecule has 0 aromatic heterocycles. The van der Waals surface area contributed by atoms with Crippen molar-refractivity contribution in [2.75, 3.05) is 0 Å². The van der Waals surface area contributed by atoms with Gasteiger partial charge >= 0.3 is 0 Å². The molecule has 2 aliphatic rings. The van der Waals surface area contributed by atoms with Crippen LogP contribution in [-0.4, -0.2) is 0 Å². The lowest BCUT2D eigenvalue weighted by Crippen LogP contribution is -2.10. The van der Waals surface area contributed by atoms with Crippen LogP contribution in [0.15, 0.2) is 47.2 Å². The largest absolute Gasteiger partial charge is 0.461 e. The average Bonchev–Trinajstić information content (AvgIpc) is 3.33. The highest BCUT2D eigenvalue weighted by Gasteiger charge is 2.24. The van der Waals surface area contributed by atoms with E-state index in [1.807, 2.05) is 24.3 Å². The topological polar surface area (TPSA) is 33.0 Å². The van der Waals surface area contributed by atoms with Crippen LogP contribution < -0.4 is 4.74 Å².